The molecule has 0 aliphatic carbocycles. The van der Waals surface area contributed by atoms with Crippen LogP contribution < -0.4 is 25.5 Å². The molecule has 2 amide bonds. The molecular weight excluding hydrogens is 384 g/mol. The lowest BCUT2D eigenvalue weighted by atomic mass is 10.2. The lowest BCUT2D eigenvalue weighted by Gasteiger charge is -2.13. The molecule has 148 valence electrons. The predicted molar refractivity (Wildman–Crippen MR) is 108 cm³/mol. The standard InChI is InChI=1S/C19H21ClN4O4/c1-24(2)14-4-3-5-15(9-14)27-12-19(26)23-22-10-13-6-7-17(16(20)8-13)28-11-18(21)25/h3-10H,11-12H2,1-2H3,(H2,21,25)(H,23,26). The summed E-state index contributed by atoms with van der Waals surface area (Å²) >= 11 is 6.06. The highest BCUT2D eigenvalue weighted by atomic mass is 35.5. The van der Waals surface area contributed by atoms with Crippen LogP contribution in [0.4, 0.5) is 5.69 Å². The van der Waals surface area contributed by atoms with Crippen LogP contribution in [-0.4, -0.2) is 45.3 Å². The fourth-order valence-corrected chi connectivity index (χ4v) is 2.32. The molecule has 0 fully saturated rings. The van der Waals surface area contributed by atoms with Gasteiger partial charge in [-0.3, -0.25) is 9.59 Å². The Balaban J connectivity index is 1.83. The zero-order chi connectivity index (χ0) is 20.5. The number of rotatable bonds is 9. The van der Waals surface area contributed by atoms with E-state index in [1.54, 1.807) is 24.3 Å². The molecule has 0 heterocycles. The normalized spacial score (nSPS) is 10.5. The number of halogens is 1. The maximum absolute atomic E-state index is 11.8. The van der Waals surface area contributed by atoms with Crippen molar-refractivity contribution in [1.29, 1.82) is 0 Å². The van der Waals surface area contributed by atoms with E-state index in [-0.39, 0.29) is 13.2 Å². The van der Waals surface area contributed by atoms with Gasteiger partial charge in [-0.05, 0) is 35.9 Å². The van der Waals surface area contributed by atoms with Crippen molar-refractivity contribution in [3.63, 3.8) is 0 Å². The number of benzene rings is 2. The fraction of sp³-hybridized carbons (Fsp3) is 0.211. The minimum Gasteiger partial charge on any atom is -0.484 e. The van der Waals surface area contributed by atoms with Crippen LogP contribution in [-0.2, 0) is 9.59 Å². The van der Waals surface area contributed by atoms with Gasteiger partial charge in [0, 0.05) is 25.8 Å². The molecule has 0 atom stereocenters. The van der Waals surface area contributed by atoms with E-state index in [1.165, 1.54) is 6.21 Å². The van der Waals surface area contributed by atoms with Gasteiger partial charge in [0.25, 0.3) is 11.8 Å². The minimum atomic E-state index is -0.597. The molecule has 9 heteroatoms. The number of carbonyl (C=O) groups excluding carboxylic acids is 2. The average Bonchev–Trinajstić information content (AvgIpc) is 2.66. The Morgan fingerprint density at radius 3 is 2.64 bits per heavy atom. The maximum Gasteiger partial charge on any atom is 0.277 e. The van der Waals surface area contributed by atoms with Gasteiger partial charge in [0.2, 0.25) is 0 Å². The molecule has 0 aliphatic rings. The second-order valence-electron chi connectivity index (χ2n) is 5.92. The molecule has 0 unspecified atom stereocenters. The first-order chi connectivity index (χ1) is 13.3. The third-order valence-corrected chi connectivity index (χ3v) is 3.73. The molecule has 0 radical (unpaired) electrons. The maximum atomic E-state index is 11.8. The van der Waals surface area contributed by atoms with E-state index < -0.39 is 11.8 Å². The van der Waals surface area contributed by atoms with Gasteiger partial charge in [0.15, 0.2) is 13.2 Å². The van der Waals surface area contributed by atoms with E-state index >= 15 is 0 Å². The van der Waals surface area contributed by atoms with Crippen LogP contribution in [0.15, 0.2) is 47.6 Å². The number of primary amides is 1. The molecule has 0 aromatic heterocycles. The quantitative estimate of drug-likeness (QED) is 0.489. The summed E-state index contributed by atoms with van der Waals surface area (Å²) in [5.74, 6) is -0.0854. The second kappa shape index (κ2) is 10.2. The number of hydrogen-bond acceptors (Lipinski definition) is 6. The number of nitrogens with zero attached hydrogens (tertiary/aromatic N) is 2. The third-order valence-electron chi connectivity index (χ3n) is 3.43. The monoisotopic (exact) mass is 404 g/mol. The number of amides is 2. The smallest absolute Gasteiger partial charge is 0.277 e. The van der Waals surface area contributed by atoms with Crippen LogP contribution in [0, 0.1) is 0 Å². The Hall–Kier alpha value is -3.26. The van der Waals surface area contributed by atoms with E-state index in [9.17, 15) is 9.59 Å². The summed E-state index contributed by atoms with van der Waals surface area (Å²) < 4.78 is 10.6. The summed E-state index contributed by atoms with van der Waals surface area (Å²) in [5.41, 5.74) is 8.99. The largest absolute Gasteiger partial charge is 0.484 e. The van der Waals surface area contributed by atoms with E-state index in [4.69, 9.17) is 26.8 Å². The van der Waals surface area contributed by atoms with Crippen LogP contribution in [0.5, 0.6) is 11.5 Å². The molecule has 0 spiro atoms. The Morgan fingerprint density at radius 1 is 1.18 bits per heavy atom. The lowest BCUT2D eigenvalue weighted by Crippen LogP contribution is -2.24. The highest BCUT2D eigenvalue weighted by molar-refractivity contribution is 6.32. The van der Waals surface area contributed by atoms with Crippen molar-refractivity contribution in [2.24, 2.45) is 10.8 Å². The van der Waals surface area contributed by atoms with Gasteiger partial charge in [-0.15, -0.1) is 0 Å². The average molecular weight is 405 g/mol. The van der Waals surface area contributed by atoms with Crippen molar-refractivity contribution in [2.75, 3.05) is 32.2 Å². The van der Waals surface area contributed by atoms with Crippen molar-refractivity contribution in [3.8, 4) is 11.5 Å². The summed E-state index contributed by atoms with van der Waals surface area (Å²) in [6.07, 6.45) is 1.42. The van der Waals surface area contributed by atoms with E-state index in [2.05, 4.69) is 10.5 Å². The number of ether oxygens (including phenoxy) is 2. The Bertz CT molecular complexity index is 871. The number of nitrogens with one attached hydrogen (secondary N) is 1. The molecule has 0 saturated carbocycles. The van der Waals surface area contributed by atoms with Gasteiger partial charge in [-0.2, -0.15) is 5.10 Å². The van der Waals surface area contributed by atoms with Crippen molar-refractivity contribution >= 4 is 35.3 Å². The number of anilines is 1. The van der Waals surface area contributed by atoms with Crippen LogP contribution in [0.2, 0.25) is 5.02 Å². The lowest BCUT2D eigenvalue weighted by molar-refractivity contribution is -0.123. The zero-order valence-electron chi connectivity index (χ0n) is 15.5. The molecule has 8 nitrogen and oxygen atoms in total. The number of carbonyl (C=O) groups is 2. The third kappa shape index (κ3) is 6.81. The van der Waals surface area contributed by atoms with Crippen LogP contribution >= 0.6 is 11.6 Å². The summed E-state index contributed by atoms with van der Waals surface area (Å²) in [6.45, 7) is -0.435. The van der Waals surface area contributed by atoms with Crippen LogP contribution in [0.3, 0.4) is 0 Å². The van der Waals surface area contributed by atoms with Crippen LogP contribution in [0.1, 0.15) is 5.56 Å². The highest BCUT2D eigenvalue weighted by Gasteiger charge is 2.05. The summed E-state index contributed by atoms with van der Waals surface area (Å²) in [6, 6.07) is 12.2. The van der Waals surface area contributed by atoms with Gasteiger partial charge in [-0.1, -0.05) is 17.7 Å². The van der Waals surface area contributed by atoms with Gasteiger partial charge in [0.1, 0.15) is 11.5 Å². The SMILES string of the molecule is CN(C)c1cccc(OCC(=O)NN=Cc2ccc(OCC(N)=O)c(Cl)c2)c1. The molecule has 2 aromatic carbocycles. The van der Waals surface area contributed by atoms with Gasteiger partial charge >= 0.3 is 0 Å². The van der Waals surface area contributed by atoms with Crippen LogP contribution in [0.25, 0.3) is 0 Å². The number of nitrogens with two attached hydrogens (primary N) is 1. The van der Waals surface area contributed by atoms with Gasteiger partial charge in [0.05, 0.1) is 11.2 Å². The molecular formula is C19H21ClN4O4. The minimum absolute atomic E-state index is 0.172. The van der Waals surface area contributed by atoms with Crippen molar-refractivity contribution in [1.82, 2.24) is 5.43 Å². The van der Waals surface area contributed by atoms with E-state index in [0.29, 0.717) is 22.1 Å². The molecule has 28 heavy (non-hydrogen) atoms. The molecule has 3 N–H and O–H groups in total. The predicted octanol–water partition coefficient (Wildman–Crippen LogP) is 1.80. The van der Waals surface area contributed by atoms with E-state index in [1.807, 2.05) is 37.2 Å². The second-order valence-corrected chi connectivity index (χ2v) is 6.33. The molecule has 2 rings (SSSR count). The van der Waals surface area contributed by atoms with Crippen molar-refractivity contribution in [2.45, 2.75) is 0 Å². The summed E-state index contributed by atoms with van der Waals surface area (Å²) in [7, 11) is 3.84. The number of hydrogen-bond donors (Lipinski definition) is 2. The van der Waals surface area contributed by atoms with Crippen molar-refractivity contribution in [3.05, 3.63) is 53.1 Å². The van der Waals surface area contributed by atoms with E-state index in [0.717, 1.165) is 5.69 Å². The molecule has 0 bridgehead atoms. The van der Waals surface area contributed by atoms with Gasteiger partial charge in [-0.25, -0.2) is 5.43 Å². The Morgan fingerprint density at radius 2 is 1.96 bits per heavy atom. The Kier molecular flexibility index (Phi) is 7.65. The first-order valence-electron chi connectivity index (χ1n) is 8.28. The highest BCUT2D eigenvalue weighted by Crippen LogP contribution is 2.24. The first kappa shape index (κ1) is 21.0. The van der Waals surface area contributed by atoms with Gasteiger partial charge < -0.3 is 20.1 Å². The Labute approximate surface area is 167 Å². The molecule has 0 saturated heterocycles. The fourth-order valence-electron chi connectivity index (χ4n) is 2.07. The molecule has 2 aromatic rings. The topological polar surface area (TPSA) is 106 Å². The zero-order valence-corrected chi connectivity index (χ0v) is 16.3. The summed E-state index contributed by atoms with van der Waals surface area (Å²) in [4.78, 5) is 24.5. The molecule has 0 aliphatic heterocycles. The van der Waals surface area contributed by atoms with Crippen molar-refractivity contribution < 1.29 is 19.1 Å². The summed E-state index contributed by atoms with van der Waals surface area (Å²) in [5, 5.41) is 4.15. The first-order valence-corrected chi connectivity index (χ1v) is 8.65. The number of hydrazone groups is 1.